The standard InChI is InChI=1S/C5H6FN3.ClH/c6-5-8-2-4(1-7)3-9-5;/h2-3H,1,7H2;1H. The fourth-order valence-electron chi connectivity index (χ4n) is 0.444. The lowest BCUT2D eigenvalue weighted by Crippen LogP contribution is -1.98. The van der Waals surface area contributed by atoms with Gasteiger partial charge >= 0.3 is 6.08 Å². The molecule has 1 heterocycles. The van der Waals surface area contributed by atoms with Gasteiger partial charge in [0.1, 0.15) is 0 Å². The number of halogens is 2. The summed E-state index contributed by atoms with van der Waals surface area (Å²) in [6, 6.07) is 0. The predicted octanol–water partition coefficient (Wildman–Crippen LogP) is 0.496. The minimum absolute atomic E-state index is 0. The van der Waals surface area contributed by atoms with Gasteiger partial charge in [0.15, 0.2) is 0 Å². The molecular weight excluding hydrogens is 157 g/mol. The van der Waals surface area contributed by atoms with Gasteiger partial charge in [-0.3, -0.25) is 0 Å². The largest absolute Gasteiger partial charge is 0.326 e. The van der Waals surface area contributed by atoms with Crippen molar-refractivity contribution in [3.05, 3.63) is 24.0 Å². The highest BCUT2D eigenvalue weighted by atomic mass is 35.5. The Morgan fingerprint density at radius 1 is 1.40 bits per heavy atom. The van der Waals surface area contributed by atoms with E-state index in [1.807, 2.05) is 0 Å². The van der Waals surface area contributed by atoms with Crippen molar-refractivity contribution >= 4 is 12.4 Å². The molecule has 1 aromatic heterocycles. The zero-order valence-corrected chi connectivity index (χ0v) is 5.94. The highest BCUT2D eigenvalue weighted by Crippen LogP contribution is 1.91. The summed E-state index contributed by atoms with van der Waals surface area (Å²) in [6.07, 6.45) is 2.01. The van der Waals surface area contributed by atoms with Crippen molar-refractivity contribution in [3.8, 4) is 0 Å². The van der Waals surface area contributed by atoms with Gasteiger partial charge in [0.2, 0.25) is 0 Å². The van der Waals surface area contributed by atoms with Crippen molar-refractivity contribution in [2.45, 2.75) is 6.54 Å². The molecule has 56 valence electrons. The fraction of sp³-hybridized carbons (Fsp3) is 0.200. The van der Waals surface area contributed by atoms with Crippen LogP contribution < -0.4 is 5.73 Å². The van der Waals surface area contributed by atoms with Gasteiger partial charge in [0.05, 0.1) is 0 Å². The van der Waals surface area contributed by atoms with E-state index in [2.05, 4.69) is 9.97 Å². The van der Waals surface area contributed by atoms with E-state index in [1.54, 1.807) is 0 Å². The third-order valence-corrected chi connectivity index (χ3v) is 0.910. The summed E-state index contributed by atoms with van der Waals surface area (Å²) in [5, 5.41) is 0. The van der Waals surface area contributed by atoms with Crippen molar-refractivity contribution in [1.29, 1.82) is 0 Å². The zero-order valence-electron chi connectivity index (χ0n) is 5.12. The van der Waals surface area contributed by atoms with Crippen LogP contribution in [0.1, 0.15) is 5.56 Å². The normalized spacial score (nSPS) is 8.60. The SMILES string of the molecule is Cl.NCc1cnc(F)nc1. The molecular formula is C5H7ClFN3. The Labute approximate surface area is 63.9 Å². The average Bonchev–Trinajstić information content (AvgIpc) is 1.90. The number of nitrogens with zero attached hydrogens (tertiary/aromatic N) is 2. The van der Waals surface area contributed by atoms with Crippen molar-refractivity contribution in [2.75, 3.05) is 0 Å². The molecule has 2 N–H and O–H groups in total. The Bertz CT molecular complexity index is 189. The minimum atomic E-state index is -0.716. The molecule has 0 aliphatic rings. The zero-order chi connectivity index (χ0) is 6.69. The van der Waals surface area contributed by atoms with Gasteiger partial charge in [0.25, 0.3) is 0 Å². The lowest BCUT2D eigenvalue weighted by atomic mass is 10.4. The van der Waals surface area contributed by atoms with Crippen LogP contribution in [0.2, 0.25) is 0 Å². The minimum Gasteiger partial charge on any atom is -0.326 e. The van der Waals surface area contributed by atoms with E-state index in [9.17, 15) is 4.39 Å². The van der Waals surface area contributed by atoms with Gasteiger partial charge in [-0.25, -0.2) is 9.97 Å². The Kier molecular flexibility index (Phi) is 3.83. The first-order valence-corrected chi connectivity index (χ1v) is 2.49. The molecule has 0 aliphatic heterocycles. The second-order valence-electron chi connectivity index (χ2n) is 1.56. The molecule has 5 heteroatoms. The molecule has 0 amide bonds. The molecule has 0 unspecified atom stereocenters. The maximum atomic E-state index is 12.0. The molecule has 10 heavy (non-hydrogen) atoms. The number of rotatable bonds is 1. The fourth-order valence-corrected chi connectivity index (χ4v) is 0.444. The summed E-state index contributed by atoms with van der Waals surface area (Å²) in [4.78, 5) is 6.58. The van der Waals surface area contributed by atoms with Gasteiger partial charge in [-0.15, -0.1) is 12.4 Å². The third-order valence-electron chi connectivity index (χ3n) is 0.910. The van der Waals surface area contributed by atoms with E-state index in [-0.39, 0.29) is 12.4 Å². The summed E-state index contributed by atoms with van der Waals surface area (Å²) in [5.74, 6) is 0. The van der Waals surface area contributed by atoms with Crippen molar-refractivity contribution < 1.29 is 4.39 Å². The van der Waals surface area contributed by atoms with Crippen molar-refractivity contribution in [1.82, 2.24) is 9.97 Å². The van der Waals surface area contributed by atoms with E-state index in [0.717, 1.165) is 5.56 Å². The van der Waals surface area contributed by atoms with E-state index in [4.69, 9.17) is 5.73 Å². The summed E-state index contributed by atoms with van der Waals surface area (Å²) in [7, 11) is 0. The van der Waals surface area contributed by atoms with Gasteiger partial charge in [-0.1, -0.05) is 0 Å². The molecule has 3 nitrogen and oxygen atoms in total. The number of hydrogen-bond acceptors (Lipinski definition) is 3. The lowest BCUT2D eigenvalue weighted by Gasteiger charge is -1.90. The molecule has 0 saturated carbocycles. The predicted molar refractivity (Wildman–Crippen MR) is 37.1 cm³/mol. The highest BCUT2D eigenvalue weighted by molar-refractivity contribution is 5.85. The summed E-state index contributed by atoms with van der Waals surface area (Å²) in [5.41, 5.74) is 5.93. The smallest absolute Gasteiger partial charge is 0.308 e. The van der Waals surface area contributed by atoms with Gasteiger partial charge < -0.3 is 5.73 Å². The first-order valence-electron chi connectivity index (χ1n) is 2.49. The summed E-state index contributed by atoms with van der Waals surface area (Å²) >= 11 is 0. The van der Waals surface area contributed by atoms with E-state index < -0.39 is 6.08 Å². The van der Waals surface area contributed by atoms with Crippen LogP contribution in [0.25, 0.3) is 0 Å². The van der Waals surface area contributed by atoms with Crippen LogP contribution in [0, 0.1) is 6.08 Å². The van der Waals surface area contributed by atoms with Crippen molar-refractivity contribution in [3.63, 3.8) is 0 Å². The molecule has 1 rings (SSSR count). The number of hydrogen-bond donors (Lipinski definition) is 1. The van der Waals surface area contributed by atoms with Crippen molar-refractivity contribution in [2.24, 2.45) is 5.73 Å². The topological polar surface area (TPSA) is 51.8 Å². The maximum Gasteiger partial charge on any atom is 0.308 e. The van der Waals surface area contributed by atoms with Crippen LogP contribution in [0.3, 0.4) is 0 Å². The van der Waals surface area contributed by atoms with E-state index in [0.29, 0.717) is 6.54 Å². The van der Waals surface area contributed by atoms with Gasteiger partial charge in [-0.05, 0) is 0 Å². The van der Waals surface area contributed by atoms with Crippen LogP contribution in [0.4, 0.5) is 4.39 Å². The quantitative estimate of drug-likeness (QED) is 0.614. The first-order chi connectivity index (χ1) is 4.33. The second-order valence-corrected chi connectivity index (χ2v) is 1.56. The second kappa shape index (κ2) is 4.14. The molecule has 0 aromatic carbocycles. The number of aromatic nitrogens is 2. The van der Waals surface area contributed by atoms with Crippen LogP contribution in [0.15, 0.2) is 12.4 Å². The van der Waals surface area contributed by atoms with E-state index in [1.165, 1.54) is 12.4 Å². The third kappa shape index (κ3) is 2.24. The van der Waals surface area contributed by atoms with Crippen LogP contribution in [0.5, 0.6) is 0 Å². The maximum absolute atomic E-state index is 12.0. The average molecular weight is 164 g/mol. The number of nitrogens with two attached hydrogens (primary N) is 1. The summed E-state index contributed by atoms with van der Waals surface area (Å²) < 4.78 is 12.0. The Morgan fingerprint density at radius 3 is 2.30 bits per heavy atom. The molecule has 0 radical (unpaired) electrons. The molecule has 0 spiro atoms. The molecule has 0 bridgehead atoms. The molecule has 0 aliphatic carbocycles. The molecule has 0 fully saturated rings. The molecule has 0 atom stereocenters. The van der Waals surface area contributed by atoms with Crippen LogP contribution in [-0.2, 0) is 6.54 Å². The van der Waals surface area contributed by atoms with Gasteiger partial charge in [0, 0.05) is 24.5 Å². The first kappa shape index (κ1) is 9.26. The van der Waals surface area contributed by atoms with E-state index >= 15 is 0 Å². The van der Waals surface area contributed by atoms with Crippen LogP contribution >= 0.6 is 12.4 Å². The Morgan fingerprint density at radius 2 is 1.90 bits per heavy atom. The summed E-state index contributed by atoms with van der Waals surface area (Å²) in [6.45, 7) is 0.347. The monoisotopic (exact) mass is 163 g/mol. The van der Waals surface area contributed by atoms with Gasteiger partial charge in [-0.2, -0.15) is 4.39 Å². The highest BCUT2D eigenvalue weighted by Gasteiger charge is 1.90. The molecule has 1 aromatic rings. The molecule has 0 saturated heterocycles. The Hall–Kier alpha value is -0.740. The Balaban J connectivity index is 0.000000810. The lowest BCUT2D eigenvalue weighted by molar-refractivity contribution is 0.536. The van der Waals surface area contributed by atoms with Crippen LogP contribution in [-0.4, -0.2) is 9.97 Å².